The zero-order chi connectivity index (χ0) is 16.5. The van der Waals surface area contributed by atoms with Crippen LogP contribution in [0, 0.1) is 11.2 Å². The minimum atomic E-state index is -0.243. The Bertz CT molecular complexity index is 522. The molecule has 24 heavy (non-hydrogen) atoms. The molecule has 0 bridgehead atoms. The lowest BCUT2D eigenvalue weighted by Gasteiger charge is -2.27. The number of nitrogens with zero attached hydrogens (tertiary/aromatic N) is 1. The van der Waals surface area contributed by atoms with Crippen LogP contribution in [-0.2, 0) is 11.3 Å². The van der Waals surface area contributed by atoms with Gasteiger partial charge in [0.15, 0.2) is 5.96 Å². The van der Waals surface area contributed by atoms with Crippen molar-refractivity contribution in [3.05, 3.63) is 35.6 Å². The Hall–Kier alpha value is -0.930. The highest BCUT2D eigenvalue weighted by Crippen LogP contribution is 2.31. The molecule has 0 aromatic heterocycles. The molecule has 1 heterocycles. The second kappa shape index (κ2) is 10.8. The lowest BCUT2D eigenvalue weighted by atomic mass is 9.84. The molecule has 0 aliphatic carbocycles. The largest absolute Gasteiger partial charge is 0.396 e. The Morgan fingerprint density at radius 1 is 1.38 bits per heavy atom. The molecule has 1 aliphatic rings. The second-order valence-electron chi connectivity index (χ2n) is 5.92. The first kappa shape index (κ1) is 21.1. The third-order valence-corrected chi connectivity index (χ3v) is 4.17. The van der Waals surface area contributed by atoms with Gasteiger partial charge in [-0.3, -0.25) is 0 Å². The first-order chi connectivity index (χ1) is 11.2. The smallest absolute Gasteiger partial charge is 0.191 e. The van der Waals surface area contributed by atoms with Gasteiger partial charge in [-0.15, -0.1) is 24.0 Å². The van der Waals surface area contributed by atoms with Gasteiger partial charge >= 0.3 is 0 Å². The predicted octanol–water partition coefficient (Wildman–Crippen LogP) is 2.29. The maximum absolute atomic E-state index is 13.7. The topological polar surface area (TPSA) is 65.9 Å². The molecule has 3 N–H and O–H groups in total. The number of hydrogen-bond acceptors (Lipinski definition) is 3. The summed E-state index contributed by atoms with van der Waals surface area (Å²) in [6.07, 6.45) is 1.62. The highest BCUT2D eigenvalue weighted by molar-refractivity contribution is 14.0. The number of nitrogens with one attached hydrogen (secondary N) is 2. The molecule has 5 nitrogen and oxygen atoms in total. The van der Waals surface area contributed by atoms with Crippen LogP contribution in [0.1, 0.15) is 25.3 Å². The van der Waals surface area contributed by atoms with Gasteiger partial charge in [0.25, 0.3) is 0 Å². The zero-order valence-electron chi connectivity index (χ0n) is 14.1. The summed E-state index contributed by atoms with van der Waals surface area (Å²) in [5.74, 6) is 0.410. The summed E-state index contributed by atoms with van der Waals surface area (Å²) >= 11 is 0. The number of aliphatic imine (C=N–C) groups is 1. The van der Waals surface area contributed by atoms with Gasteiger partial charge in [-0.05, 0) is 25.8 Å². The van der Waals surface area contributed by atoms with Gasteiger partial charge in [0.1, 0.15) is 5.82 Å². The summed E-state index contributed by atoms with van der Waals surface area (Å²) in [6, 6.07) is 6.66. The third kappa shape index (κ3) is 6.18. The molecular weight excluding hydrogens is 424 g/mol. The van der Waals surface area contributed by atoms with Crippen LogP contribution in [0.4, 0.5) is 4.39 Å². The number of guanidine groups is 1. The maximum atomic E-state index is 13.7. The Balaban J connectivity index is 0.00000288. The van der Waals surface area contributed by atoms with Crippen LogP contribution in [0.5, 0.6) is 0 Å². The number of aliphatic hydroxyl groups is 1. The predicted molar refractivity (Wildman–Crippen MR) is 104 cm³/mol. The number of aliphatic hydroxyl groups excluding tert-OH is 1. The molecule has 2 rings (SSSR count). The van der Waals surface area contributed by atoms with E-state index in [1.54, 1.807) is 18.2 Å². The number of hydrogen-bond donors (Lipinski definition) is 3. The summed E-state index contributed by atoms with van der Waals surface area (Å²) in [5, 5.41) is 15.7. The van der Waals surface area contributed by atoms with Crippen molar-refractivity contribution in [2.75, 3.05) is 32.9 Å². The van der Waals surface area contributed by atoms with Crippen LogP contribution in [-0.4, -0.2) is 44.0 Å². The van der Waals surface area contributed by atoms with Crippen LogP contribution in [0.15, 0.2) is 29.3 Å². The van der Waals surface area contributed by atoms with E-state index in [1.165, 1.54) is 6.07 Å². The minimum Gasteiger partial charge on any atom is -0.396 e. The van der Waals surface area contributed by atoms with Gasteiger partial charge in [0.05, 0.1) is 13.2 Å². The van der Waals surface area contributed by atoms with Crippen molar-refractivity contribution in [3.8, 4) is 0 Å². The second-order valence-corrected chi connectivity index (χ2v) is 5.92. The van der Waals surface area contributed by atoms with Crippen molar-refractivity contribution in [3.63, 3.8) is 0 Å². The minimum absolute atomic E-state index is 0. The van der Waals surface area contributed by atoms with E-state index in [-0.39, 0.29) is 48.4 Å². The quantitative estimate of drug-likeness (QED) is 0.338. The van der Waals surface area contributed by atoms with E-state index in [4.69, 9.17) is 4.74 Å². The zero-order valence-corrected chi connectivity index (χ0v) is 16.4. The summed E-state index contributed by atoms with van der Waals surface area (Å²) in [6.45, 7) is 5.20. The van der Waals surface area contributed by atoms with Crippen molar-refractivity contribution in [2.24, 2.45) is 10.4 Å². The van der Waals surface area contributed by atoms with Crippen molar-refractivity contribution in [2.45, 2.75) is 26.3 Å². The van der Waals surface area contributed by atoms with Gasteiger partial charge in [-0.2, -0.15) is 0 Å². The normalized spacial score (nSPS) is 20.5. The number of ether oxygens (including phenoxy) is 1. The number of benzene rings is 1. The molecule has 7 heteroatoms. The summed E-state index contributed by atoms with van der Waals surface area (Å²) in [5.41, 5.74) is 0.516. The fourth-order valence-corrected chi connectivity index (χ4v) is 2.72. The van der Waals surface area contributed by atoms with Crippen molar-refractivity contribution in [1.82, 2.24) is 10.6 Å². The van der Waals surface area contributed by atoms with E-state index in [0.29, 0.717) is 31.1 Å². The fourth-order valence-electron chi connectivity index (χ4n) is 2.72. The van der Waals surface area contributed by atoms with Crippen LogP contribution in [0.25, 0.3) is 0 Å². The van der Waals surface area contributed by atoms with Crippen molar-refractivity contribution in [1.29, 1.82) is 0 Å². The molecule has 1 aromatic rings. The van der Waals surface area contributed by atoms with Gasteiger partial charge in [-0.25, -0.2) is 9.38 Å². The van der Waals surface area contributed by atoms with E-state index >= 15 is 0 Å². The van der Waals surface area contributed by atoms with E-state index in [0.717, 1.165) is 19.6 Å². The fraction of sp³-hybridized carbons (Fsp3) is 0.588. The van der Waals surface area contributed by atoms with Gasteiger partial charge < -0.3 is 20.5 Å². The van der Waals surface area contributed by atoms with E-state index in [2.05, 4.69) is 15.6 Å². The molecular formula is C17H27FIN3O2. The monoisotopic (exact) mass is 451 g/mol. The lowest BCUT2D eigenvalue weighted by molar-refractivity contribution is 0.127. The molecule has 1 fully saturated rings. The molecule has 0 amide bonds. The highest BCUT2D eigenvalue weighted by Gasteiger charge is 2.34. The lowest BCUT2D eigenvalue weighted by Crippen LogP contribution is -2.44. The molecule has 1 unspecified atom stereocenters. The average Bonchev–Trinajstić information content (AvgIpc) is 3.01. The molecule has 1 saturated heterocycles. The summed E-state index contributed by atoms with van der Waals surface area (Å²) in [7, 11) is 0. The third-order valence-electron chi connectivity index (χ3n) is 4.17. The Labute approximate surface area is 160 Å². The molecule has 1 aliphatic heterocycles. The number of rotatable bonds is 7. The van der Waals surface area contributed by atoms with Crippen molar-refractivity contribution < 1.29 is 14.2 Å². The summed E-state index contributed by atoms with van der Waals surface area (Å²) in [4.78, 5) is 4.45. The molecule has 1 aromatic carbocycles. The Kier molecular flexibility index (Phi) is 9.53. The molecule has 0 saturated carbocycles. The van der Waals surface area contributed by atoms with Gasteiger partial charge in [0.2, 0.25) is 0 Å². The van der Waals surface area contributed by atoms with Crippen LogP contribution >= 0.6 is 24.0 Å². The van der Waals surface area contributed by atoms with E-state index in [9.17, 15) is 9.50 Å². The van der Waals surface area contributed by atoms with E-state index < -0.39 is 0 Å². The first-order valence-electron chi connectivity index (χ1n) is 8.13. The maximum Gasteiger partial charge on any atom is 0.191 e. The SMILES string of the molecule is CCNC(=NCc1ccccc1F)NCC1(CCO)CCOC1.I. The van der Waals surface area contributed by atoms with Crippen LogP contribution in [0.3, 0.4) is 0 Å². The van der Waals surface area contributed by atoms with E-state index in [1.807, 2.05) is 6.92 Å². The average molecular weight is 451 g/mol. The standard InChI is InChI=1S/C17H26FN3O2.HI/c1-2-19-16(20-11-14-5-3-4-6-15(14)18)21-12-17(7-9-22)8-10-23-13-17;/h3-6,22H,2,7-13H2,1H3,(H2,19,20,21);1H. The first-order valence-corrected chi connectivity index (χ1v) is 8.13. The Morgan fingerprint density at radius 2 is 2.17 bits per heavy atom. The van der Waals surface area contributed by atoms with Gasteiger partial charge in [0, 0.05) is 37.3 Å². The Morgan fingerprint density at radius 3 is 2.79 bits per heavy atom. The van der Waals surface area contributed by atoms with Crippen molar-refractivity contribution >= 4 is 29.9 Å². The molecule has 0 radical (unpaired) electrons. The molecule has 1 atom stereocenters. The molecule has 0 spiro atoms. The summed E-state index contributed by atoms with van der Waals surface area (Å²) < 4.78 is 19.2. The molecule has 136 valence electrons. The van der Waals surface area contributed by atoms with Crippen LogP contribution < -0.4 is 10.6 Å². The number of halogens is 2. The highest BCUT2D eigenvalue weighted by atomic mass is 127. The van der Waals surface area contributed by atoms with Crippen LogP contribution in [0.2, 0.25) is 0 Å². The van der Waals surface area contributed by atoms with Gasteiger partial charge in [-0.1, -0.05) is 18.2 Å².